The van der Waals surface area contributed by atoms with E-state index in [-0.39, 0.29) is 12.2 Å². The van der Waals surface area contributed by atoms with Crippen molar-refractivity contribution >= 4 is 17.5 Å². The van der Waals surface area contributed by atoms with Crippen molar-refractivity contribution in [1.29, 1.82) is 0 Å². The van der Waals surface area contributed by atoms with Gasteiger partial charge in [-0.1, -0.05) is 41.9 Å². The molecule has 0 spiro atoms. The molecule has 1 amide bonds. The number of hydrogen-bond acceptors (Lipinski definition) is 3. The van der Waals surface area contributed by atoms with Crippen LogP contribution >= 0.6 is 11.6 Å². The van der Waals surface area contributed by atoms with Crippen molar-refractivity contribution in [2.75, 3.05) is 13.6 Å². The maximum Gasteiger partial charge on any atom is 0.434 e. The second-order valence-electron chi connectivity index (χ2n) is 7.77. The second-order valence-corrected chi connectivity index (χ2v) is 8.20. The van der Waals surface area contributed by atoms with Gasteiger partial charge >= 0.3 is 6.18 Å². The Morgan fingerprint density at radius 2 is 1.82 bits per heavy atom. The molecule has 0 unspecified atom stereocenters. The van der Waals surface area contributed by atoms with Crippen molar-refractivity contribution < 1.29 is 18.0 Å². The third-order valence-corrected chi connectivity index (χ3v) is 5.58. The van der Waals surface area contributed by atoms with E-state index < -0.39 is 23.3 Å². The lowest BCUT2D eigenvalue weighted by Crippen LogP contribution is -2.30. The first-order chi connectivity index (χ1) is 16.2. The van der Waals surface area contributed by atoms with E-state index >= 15 is 0 Å². The third kappa shape index (κ3) is 5.14. The first kappa shape index (κ1) is 23.6. The number of nitrogens with one attached hydrogen (secondary N) is 1. The predicted molar refractivity (Wildman–Crippen MR) is 123 cm³/mol. The summed E-state index contributed by atoms with van der Waals surface area (Å²) in [5, 5.41) is 11.5. The van der Waals surface area contributed by atoms with Gasteiger partial charge < -0.3 is 4.90 Å². The van der Waals surface area contributed by atoms with Crippen LogP contribution in [0, 0.1) is 0 Å². The summed E-state index contributed by atoms with van der Waals surface area (Å²) >= 11 is 5.83. The Kier molecular flexibility index (Phi) is 6.74. The molecule has 2 aromatic carbocycles. The molecule has 0 fully saturated rings. The minimum Gasteiger partial charge on any atom is -0.342 e. The quantitative estimate of drug-likeness (QED) is 0.367. The average Bonchev–Trinajstić information content (AvgIpc) is 3.47. The highest BCUT2D eigenvalue weighted by atomic mass is 35.5. The summed E-state index contributed by atoms with van der Waals surface area (Å²) in [5.41, 5.74) is 1.21. The molecule has 0 radical (unpaired) electrons. The zero-order valence-electron chi connectivity index (χ0n) is 18.2. The van der Waals surface area contributed by atoms with Gasteiger partial charge in [0.2, 0.25) is 0 Å². The van der Waals surface area contributed by atoms with E-state index in [1.165, 1.54) is 36.2 Å². The van der Waals surface area contributed by atoms with E-state index in [1.54, 1.807) is 0 Å². The minimum atomic E-state index is -4.77. The van der Waals surface area contributed by atoms with Gasteiger partial charge in [-0.05, 0) is 43.2 Å². The summed E-state index contributed by atoms with van der Waals surface area (Å²) in [6.07, 6.45) is -2.68. The number of rotatable bonds is 7. The number of carbonyl (C=O) groups excluding carboxylic acids is 1. The molecule has 2 aromatic heterocycles. The number of benzene rings is 2. The molecule has 6 nitrogen and oxygen atoms in total. The topological polar surface area (TPSA) is 66.8 Å². The van der Waals surface area contributed by atoms with Crippen LogP contribution in [-0.2, 0) is 12.6 Å². The zero-order chi connectivity index (χ0) is 24.3. The monoisotopic (exact) mass is 487 g/mol. The highest BCUT2D eigenvalue weighted by molar-refractivity contribution is 6.30. The Hall–Kier alpha value is -3.59. The van der Waals surface area contributed by atoms with Crippen molar-refractivity contribution in [3.63, 3.8) is 0 Å². The number of aromatic amines is 1. The number of H-pyrrole nitrogens is 1. The Morgan fingerprint density at radius 3 is 2.50 bits per heavy atom. The summed E-state index contributed by atoms with van der Waals surface area (Å²) in [6, 6.07) is 17.4. The van der Waals surface area contributed by atoms with Crippen LogP contribution in [0.1, 0.15) is 28.2 Å². The van der Waals surface area contributed by atoms with Crippen molar-refractivity contribution in [3.05, 3.63) is 88.8 Å². The molecule has 2 heterocycles. The average molecular weight is 488 g/mol. The van der Waals surface area contributed by atoms with Crippen molar-refractivity contribution in [3.8, 4) is 16.9 Å². The molecule has 4 rings (SSSR count). The fourth-order valence-electron chi connectivity index (χ4n) is 3.62. The lowest BCUT2D eigenvalue weighted by Gasteiger charge is -2.18. The predicted octanol–water partition coefficient (Wildman–Crippen LogP) is 5.64. The van der Waals surface area contributed by atoms with Crippen LogP contribution in [0.15, 0.2) is 66.9 Å². The molecule has 10 heteroatoms. The first-order valence-electron chi connectivity index (χ1n) is 10.5. The third-order valence-electron chi connectivity index (χ3n) is 5.33. The van der Waals surface area contributed by atoms with E-state index in [9.17, 15) is 18.0 Å². The minimum absolute atomic E-state index is 0.159. The molecule has 4 aromatic rings. The number of nitrogens with zero attached hydrogens (tertiary/aromatic N) is 4. The Morgan fingerprint density at radius 1 is 1.12 bits per heavy atom. The molecule has 0 aliphatic carbocycles. The SMILES string of the molecule is CN(CCCc1cc(-c2ccccc2)n[nH]1)C(=O)c1cnn(-c2ccc(Cl)cc2)c1C(F)(F)F. The smallest absolute Gasteiger partial charge is 0.342 e. The maximum absolute atomic E-state index is 13.9. The van der Waals surface area contributed by atoms with E-state index in [2.05, 4.69) is 15.3 Å². The first-order valence-corrected chi connectivity index (χ1v) is 10.9. The maximum atomic E-state index is 13.9. The normalized spacial score (nSPS) is 11.6. The van der Waals surface area contributed by atoms with Crippen LogP contribution in [-0.4, -0.2) is 44.4 Å². The Labute approximate surface area is 199 Å². The van der Waals surface area contributed by atoms with Crippen LogP contribution in [0.5, 0.6) is 0 Å². The fraction of sp³-hybridized carbons (Fsp3) is 0.208. The van der Waals surface area contributed by atoms with Gasteiger partial charge in [-0.25, -0.2) is 4.68 Å². The standard InChI is InChI=1S/C24H21ClF3N5O/c1-32(13-5-8-18-14-21(31-30-18)16-6-3-2-4-7-16)23(34)20-15-29-33(22(20)24(26,27)28)19-11-9-17(25)10-12-19/h2-4,6-7,9-12,14-15H,5,8,13H2,1H3,(H,30,31). The second kappa shape index (κ2) is 9.72. The lowest BCUT2D eigenvalue weighted by atomic mass is 10.1. The zero-order valence-corrected chi connectivity index (χ0v) is 18.9. The molecule has 0 bridgehead atoms. The summed E-state index contributed by atoms with van der Waals surface area (Å²) in [5.74, 6) is -0.748. The summed E-state index contributed by atoms with van der Waals surface area (Å²) in [7, 11) is 1.48. The van der Waals surface area contributed by atoms with Gasteiger partial charge in [0.15, 0.2) is 5.69 Å². The molecular weight excluding hydrogens is 467 g/mol. The van der Waals surface area contributed by atoms with Gasteiger partial charge in [-0.3, -0.25) is 9.89 Å². The number of amides is 1. The Bertz CT molecular complexity index is 1270. The molecular formula is C24H21ClF3N5O. The number of carbonyl (C=O) groups is 1. The van der Waals surface area contributed by atoms with Crippen LogP contribution in [0.4, 0.5) is 13.2 Å². The van der Waals surface area contributed by atoms with Gasteiger partial charge in [-0.2, -0.15) is 23.4 Å². The summed E-state index contributed by atoms with van der Waals surface area (Å²) in [4.78, 5) is 14.1. The largest absolute Gasteiger partial charge is 0.434 e. The molecule has 0 atom stereocenters. The molecule has 176 valence electrons. The molecule has 1 N–H and O–H groups in total. The summed E-state index contributed by atoms with van der Waals surface area (Å²) in [6.45, 7) is 0.266. The Balaban J connectivity index is 1.44. The molecule has 34 heavy (non-hydrogen) atoms. The molecule has 0 aliphatic heterocycles. The number of aryl methyl sites for hydroxylation is 1. The number of halogens is 4. The van der Waals surface area contributed by atoms with Gasteiger partial charge in [0, 0.05) is 29.9 Å². The van der Waals surface area contributed by atoms with E-state index in [0.29, 0.717) is 22.5 Å². The highest BCUT2D eigenvalue weighted by Gasteiger charge is 2.41. The van der Waals surface area contributed by atoms with E-state index in [0.717, 1.165) is 23.1 Å². The molecule has 0 saturated carbocycles. The van der Waals surface area contributed by atoms with Gasteiger partial charge in [-0.15, -0.1) is 0 Å². The van der Waals surface area contributed by atoms with Gasteiger partial charge in [0.05, 0.1) is 23.1 Å². The summed E-state index contributed by atoms with van der Waals surface area (Å²) < 4.78 is 42.3. The van der Waals surface area contributed by atoms with Crippen molar-refractivity contribution in [2.24, 2.45) is 0 Å². The fourth-order valence-corrected chi connectivity index (χ4v) is 3.74. The molecule has 0 aliphatic rings. The van der Waals surface area contributed by atoms with Gasteiger partial charge in [0.25, 0.3) is 5.91 Å². The van der Waals surface area contributed by atoms with Crippen LogP contribution in [0.2, 0.25) is 5.02 Å². The van der Waals surface area contributed by atoms with Crippen LogP contribution in [0.25, 0.3) is 16.9 Å². The number of alkyl halides is 3. The lowest BCUT2D eigenvalue weighted by molar-refractivity contribution is -0.143. The molecule has 0 saturated heterocycles. The number of hydrogen-bond donors (Lipinski definition) is 1. The van der Waals surface area contributed by atoms with Crippen LogP contribution < -0.4 is 0 Å². The number of aromatic nitrogens is 4. The highest BCUT2D eigenvalue weighted by Crippen LogP contribution is 2.34. The van der Waals surface area contributed by atoms with E-state index in [4.69, 9.17) is 11.6 Å². The van der Waals surface area contributed by atoms with E-state index in [1.807, 2.05) is 36.4 Å². The van der Waals surface area contributed by atoms with Crippen LogP contribution in [0.3, 0.4) is 0 Å². The van der Waals surface area contributed by atoms with Gasteiger partial charge in [0.1, 0.15) is 0 Å². The van der Waals surface area contributed by atoms with Crippen molar-refractivity contribution in [1.82, 2.24) is 24.9 Å². The van der Waals surface area contributed by atoms with Crippen molar-refractivity contribution in [2.45, 2.75) is 19.0 Å².